The van der Waals surface area contributed by atoms with Gasteiger partial charge in [-0.3, -0.25) is 14.4 Å². The summed E-state index contributed by atoms with van der Waals surface area (Å²) in [6.45, 7) is 5.35. The Labute approximate surface area is 164 Å². The molecule has 8 N–H and O–H groups in total. The molecule has 3 amide bonds. The number of nitrogens with one attached hydrogen (secondary N) is 3. The Bertz CT molecular complexity index is 556. The van der Waals surface area contributed by atoms with E-state index in [1.807, 2.05) is 0 Å². The number of aliphatic carboxylic acids is 1. The fourth-order valence-electron chi connectivity index (χ4n) is 2.17. The van der Waals surface area contributed by atoms with Crippen LogP contribution in [0, 0.1) is 11.8 Å². The number of carboxylic acid groups (broad SMARTS) is 1. The zero-order chi connectivity index (χ0) is 22.0. The molecule has 0 aromatic carbocycles. The molecule has 5 atom stereocenters. The first-order valence-electron chi connectivity index (χ1n) is 9.11. The molecule has 0 spiro atoms. The highest BCUT2D eigenvalue weighted by atomic mass is 16.4. The average molecular weight is 404 g/mol. The zero-order valence-corrected chi connectivity index (χ0v) is 16.6. The van der Waals surface area contributed by atoms with Gasteiger partial charge in [0.2, 0.25) is 17.7 Å². The first kappa shape index (κ1) is 25.8. The van der Waals surface area contributed by atoms with E-state index in [4.69, 9.17) is 15.9 Å². The molecule has 0 aliphatic carbocycles. The SMILES string of the molecule is CCC(C)C(NC(=O)C(CO)NC(=O)C(N)C(C)C)C(=O)NC(CO)C(=O)O. The summed E-state index contributed by atoms with van der Waals surface area (Å²) in [5, 5.41) is 34.3. The average Bonchev–Trinajstić information content (AvgIpc) is 2.65. The Kier molecular flexibility index (Phi) is 11.3. The Morgan fingerprint density at radius 3 is 1.75 bits per heavy atom. The summed E-state index contributed by atoms with van der Waals surface area (Å²) in [5.41, 5.74) is 5.71. The van der Waals surface area contributed by atoms with Crippen LogP contribution in [0.25, 0.3) is 0 Å². The number of rotatable bonds is 12. The lowest BCUT2D eigenvalue weighted by Gasteiger charge is -2.27. The van der Waals surface area contributed by atoms with Crippen molar-refractivity contribution in [3.05, 3.63) is 0 Å². The lowest BCUT2D eigenvalue weighted by Crippen LogP contribution is -2.60. The van der Waals surface area contributed by atoms with Crippen LogP contribution in [0.5, 0.6) is 0 Å². The molecule has 5 unspecified atom stereocenters. The van der Waals surface area contributed by atoms with Gasteiger partial charge < -0.3 is 37.0 Å². The molecular weight excluding hydrogens is 372 g/mol. The van der Waals surface area contributed by atoms with Crippen LogP contribution in [0.3, 0.4) is 0 Å². The van der Waals surface area contributed by atoms with E-state index in [0.29, 0.717) is 6.42 Å². The van der Waals surface area contributed by atoms with Crippen molar-refractivity contribution in [2.24, 2.45) is 17.6 Å². The Balaban J connectivity index is 5.24. The summed E-state index contributed by atoms with van der Waals surface area (Å²) in [6, 6.07) is -4.86. The highest BCUT2D eigenvalue weighted by Gasteiger charge is 2.32. The highest BCUT2D eigenvalue weighted by Crippen LogP contribution is 2.09. The van der Waals surface area contributed by atoms with Crippen LogP contribution in [-0.4, -0.2) is 76.4 Å². The summed E-state index contributed by atoms with van der Waals surface area (Å²) in [5.74, 6) is -4.24. The number of hydrogen-bond acceptors (Lipinski definition) is 7. The van der Waals surface area contributed by atoms with Crippen LogP contribution < -0.4 is 21.7 Å². The van der Waals surface area contributed by atoms with Crippen LogP contribution in [0.4, 0.5) is 0 Å². The predicted octanol–water partition coefficient (Wildman–Crippen LogP) is -2.46. The molecule has 0 fully saturated rings. The number of aliphatic hydroxyl groups is 2. The van der Waals surface area contributed by atoms with Gasteiger partial charge in [-0.2, -0.15) is 0 Å². The lowest BCUT2D eigenvalue weighted by atomic mass is 9.97. The normalized spacial score (nSPS) is 16.4. The molecule has 0 aliphatic heterocycles. The van der Waals surface area contributed by atoms with Crippen molar-refractivity contribution in [3.63, 3.8) is 0 Å². The molecular formula is C17H32N4O7. The van der Waals surface area contributed by atoms with Crippen molar-refractivity contribution in [1.29, 1.82) is 0 Å². The standard InChI is InChI=1S/C17H32N4O7/c1-5-9(4)13(16(26)20-11(7-23)17(27)28)21-14(24)10(6-22)19-15(25)12(18)8(2)3/h8-13,22-23H,5-7,18H2,1-4H3,(H,19,25)(H,20,26)(H,21,24)(H,27,28). The van der Waals surface area contributed by atoms with Gasteiger partial charge in [0.1, 0.15) is 18.1 Å². The van der Waals surface area contributed by atoms with Crippen molar-refractivity contribution in [1.82, 2.24) is 16.0 Å². The van der Waals surface area contributed by atoms with E-state index in [1.54, 1.807) is 27.7 Å². The largest absolute Gasteiger partial charge is 0.480 e. The van der Waals surface area contributed by atoms with Gasteiger partial charge in [-0.05, 0) is 11.8 Å². The maximum Gasteiger partial charge on any atom is 0.328 e. The van der Waals surface area contributed by atoms with Crippen molar-refractivity contribution >= 4 is 23.7 Å². The molecule has 0 saturated carbocycles. The van der Waals surface area contributed by atoms with Crippen LogP contribution >= 0.6 is 0 Å². The summed E-state index contributed by atoms with van der Waals surface area (Å²) in [4.78, 5) is 47.9. The molecule has 0 aromatic heterocycles. The minimum Gasteiger partial charge on any atom is -0.480 e. The van der Waals surface area contributed by atoms with Crippen molar-refractivity contribution < 1.29 is 34.5 Å². The van der Waals surface area contributed by atoms with E-state index in [-0.39, 0.29) is 11.8 Å². The maximum absolute atomic E-state index is 12.5. The van der Waals surface area contributed by atoms with Gasteiger partial charge in [-0.1, -0.05) is 34.1 Å². The minimum absolute atomic E-state index is 0.188. The Morgan fingerprint density at radius 1 is 0.857 bits per heavy atom. The fourth-order valence-corrected chi connectivity index (χ4v) is 2.17. The van der Waals surface area contributed by atoms with E-state index >= 15 is 0 Å². The number of carbonyl (C=O) groups is 4. The molecule has 0 aromatic rings. The topological polar surface area (TPSA) is 191 Å². The molecule has 11 nitrogen and oxygen atoms in total. The highest BCUT2D eigenvalue weighted by molar-refractivity contribution is 5.94. The Morgan fingerprint density at radius 2 is 1.36 bits per heavy atom. The molecule has 11 heteroatoms. The van der Waals surface area contributed by atoms with E-state index in [9.17, 15) is 24.3 Å². The van der Waals surface area contributed by atoms with Gasteiger partial charge in [0.25, 0.3) is 0 Å². The van der Waals surface area contributed by atoms with Gasteiger partial charge >= 0.3 is 5.97 Å². The van der Waals surface area contributed by atoms with Crippen LogP contribution in [-0.2, 0) is 19.2 Å². The molecule has 0 bridgehead atoms. The second kappa shape index (κ2) is 12.3. The number of aliphatic hydroxyl groups excluding tert-OH is 2. The number of carbonyl (C=O) groups excluding carboxylic acids is 3. The second-order valence-electron chi connectivity index (χ2n) is 6.97. The zero-order valence-electron chi connectivity index (χ0n) is 16.6. The first-order chi connectivity index (χ1) is 13.0. The summed E-state index contributed by atoms with van der Waals surface area (Å²) in [6.07, 6.45) is 0.476. The number of carboxylic acids is 1. The third kappa shape index (κ3) is 7.79. The van der Waals surface area contributed by atoms with Gasteiger partial charge in [-0.25, -0.2) is 4.79 Å². The molecule has 28 heavy (non-hydrogen) atoms. The monoisotopic (exact) mass is 404 g/mol. The number of nitrogens with two attached hydrogens (primary N) is 1. The quantitative estimate of drug-likeness (QED) is 0.186. The summed E-state index contributed by atoms with van der Waals surface area (Å²) in [7, 11) is 0. The van der Waals surface area contributed by atoms with Crippen LogP contribution in [0.2, 0.25) is 0 Å². The maximum atomic E-state index is 12.5. The van der Waals surface area contributed by atoms with Crippen LogP contribution in [0.1, 0.15) is 34.1 Å². The minimum atomic E-state index is -1.52. The number of amides is 3. The van der Waals surface area contributed by atoms with Gasteiger partial charge in [0.15, 0.2) is 0 Å². The van der Waals surface area contributed by atoms with Crippen molar-refractivity contribution in [3.8, 4) is 0 Å². The third-order valence-electron chi connectivity index (χ3n) is 4.43. The molecule has 0 rings (SSSR count). The predicted molar refractivity (Wildman–Crippen MR) is 99.9 cm³/mol. The van der Waals surface area contributed by atoms with Gasteiger partial charge in [-0.15, -0.1) is 0 Å². The van der Waals surface area contributed by atoms with E-state index < -0.39 is 61.1 Å². The molecule has 0 radical (unpaired) electrons. The van der Waals surface area contributed by atoms with Crippen molar-refractivity contribution in [2.45, 2.75) is 58.3 Å². The smallest absolute Gasteiger partial charge is 0.328 e. The van der Waals surface area contributed by atoms with Gasteiger partial charge in [0.05, 0.1) is 19.3 Å². The molecule has 162 valence electrons. The number of hydrogen-bond donors (Lipinski definition) is 7. The molecule has 0 heterocycles. The van der Waals surface area contributed by atoms with Crippen LogP contribution in [0.15, 0.2) is 0 Å². The third-order valence-corrected chi connectivity index (χ3v) is 4.43. The van der Waals surface area contributed by atoms with Gasteiger partial charge in [0, 0.05) is 0 Å². The summed E-state index contributed by atoms with van der Waals surface area (Å²) < 4.78 is 0. The van der Waals surface area contributed by atoms with E-state index in [2.05, 4.69) is 16.0 Å². The fraction of sp³-hybridized carbons (Fsp3) is 0.765. The van der Waals surface area contributed by atoms with Crippen molar-refractivity contribution in [2.75, 3.05) is 13.2 Å². The second-order valence-corrected chi connectivity index (χ2v) is 6.97. The molecule has 0 aliphatic rings. The van der Waals surface area contributed by atoms with E-state index in [1.165, 1.54) is 0 Å². The summed E-state index contributed by atoms with van der Waals surface area (Å²) >= 11 is 0. The molecule has 0 saturated heterocycles. The van der Waals surface area contributed by atoms with E-state index in [0.717, 1.165) is 0 Å². The lowest BCUT2D eigenvalue weighted by molar-refractivity contribution is -0.143. The Hall–Kier alpha value is -2.24. The first-order valence-corrected chi connectivity index (χ1v) is 9.11.